The molecule has 110 valence electrons. The molecule has 0 aliphatic rings. The number of rotatable bonds is 6. The first-order chi connectivity index (χ1) is 9.93. The van der Waals surface area contributed by atoms with E-state index in [2.05, 4.69) is 10.6 Å². The first-order valence-corrected chi connectivity index (χ1v) is 6.51. The summed E-state index contributed by atoms with van der Waals surface area (Å²) in [6.45, 7) is 0.103. The Kier molecular flexibility index (Phi) is 6.53. The number of hydrogen-bond acceptors (Lipinski definition) is 4. The van der Waals surface area contributed by atoms with Crippen LogP contribution in [-0.4, -0.2) is 23.5 Å². The highest BCUT2D eigenvalue weighted by Crippen LogP contribution is 2.25. The number of aliphatic carboxylic acids is 1. The van der Waals surface area contributed by atoms with Gasteiger partial charge in [0, 0.05) is 17.8 Å². The number of carboxylic acid groups (broad SMARTS) is 1. The van der Waals surface area contributed by atoms with Crippen LogP contribution in [0.5, 0.6) is 0 Å². The van der Waals surface area contributed by atoms with Gasteiger partial charge in [-0.15, -0.1) is 0 Å². The molecule has 0 atom stereocenters. The molecule has 0 saturated heterocycles. The van der Waals surface area contributed by atoms with Gasteiger partial charge in [0.1, 0.15) is 11.6 Å². The highest BCUT2D eigenvalue weighted by atomic mass is 35.5. The lowest BCUT2D eigenvalue weighted by atomic mass is 10.2. The van der Waals surface area contributed by atoms with E-state index in [9.17, 15) is 9.59 Å². The first kappa shape index (κ1) is 16.8. The van der Waals surface area contributed by atoms with Crippen LogP contribution in [0, 0.1) is 11.3 Å². The average molecular weight is 328 g/mol. The Morgan fingerprint density at radius 1 is 1.38 bits per heavy atom. The van der Waals surface area contributed by atoms with Crippen molar-refractivity contribution < 1.29 is 14.7 Å². The molecular formula is C13H11Cl2N3O3. The van der Waals surface area contributed by atoms with Gasteiger partial charge in [-0.05, 0) is 18.2 Å². The number of anilines is 1. The molecule has 0 unspecified atom stereocenters. The summed E-state index contributed by atoms with van der Waals surface area (Å²) >= 11 is 11.7. The van der Waals surface area contributed by atoms with Crippen LogP contribution in [0.4, 0.5) is 5.69 Å². The van der Waals surface area contributed by atoms with Crippen molar-refractivity contribution in [2.45, 2.75) is 6.42 Å². The van der Waals surface area contributed by atoms with Gasteiger partial charge in [-0.1, -0.05) is 23.2 Å². The lowest BCUT2D eigenvalue weighted by molar-refractivity contribution is -0.136. The minimum atomic E-state index is -0.982. The molecule has 0 heterocycles. The molecule has 21 heavy (non-hydrogen) atoms. The largest absolute Gasteiger partial charge is 0.481 e. The number of carboxylic acids is 1. The maximum Gasteiger partial charge on any atom is 0.305 e. The van der Waals surface area contributed by atoms with E-state index >= 15 is 0 Å². The van der Waals surface area contributed by atoms with Gasteiger partial charge < -0.3 is 15.7 Å². The average Bonchev–Trinajstić information content (AvgIpc) is 2.42. The van der Waals surface area contributed by atoms with Crippen LogP contribution in [-0.2, 0) is 9.59 Å². The van der Waals surface area contributed by atoms with E-state index < -0.39 is 11.9 Å². The molecule has 8 heteroatoms. The summed E-state index contributed by atoms with van der Waals surface area (Å²) in [4.78, 5) is 22.2. The fourth-order valence-corrected chi connectivity index (χ4v) is 1.62. The number of carbonyl (C=O) groups excluding carboxylic acids is 1. The number of carbonyl (C=O) groups is 2. The van der Waals surface area contributed by atoms with E-state index in [0.29, 0.717) is 5.02 Å². The van der Waals surface area contributed by atoms with Crippen molar-refractivity contribution in [2.24, 2.45) is 0 Å². The van der Waals surface area contributed by atoms with Crippen LogP contribution in [0.3, 0.4) is 0 Å². The number of halogens is 2. The Labute approximate surface area is 131 Å². The number of hydrogen-bond donors (Lipinski definition) is 3. The Morgan fingerprint density at radius 3 is 2.71 bits per heavy atom. The third-order valence-corrected chi connectivity index (χ3v) is 2.84. The highest BCUT2D eigenvalue weighted by molar-refractivity contribution is 6.35. The Balaban J connectivity index is 2.71. The fraction of sp³-hybridized carbons (Fsp3) is 0.154. The molecule has 0 spiro atoms. The van der Waals surface area contributed by atoms with E-state index in [1.165, 1.54) is 12.1 Å². The van der Waals surface area contributed by atoms with E-state index in [4.69, 9.17) is 33.6 Å². The molecule has 0 saturated carbocycles. The standard InChI is InChI=1S/C13H11Cl2N3O3/c14-9-1-2-10(15)11(5-9)18-13(21)8(6-16)7-17-4-3-12(19)20/h1-2,5,7,17H,3-4H2,(H,18,21)(H,19,20)/b8-7-. The molecule has 0 aliphatic heterocycles. The quantitative estimate of drug-likeness (QED) is 0.423. The molecule has 1 aromatic carbocycles. The van der Waals surface area contributed by atoms with Crippen molar-refractivity contribution in [1.29, 1.82) is 5.26 Å². The van der Waals surface area contributed by atoms with Crippen molar-refractivity contribution >= 4 is 40.8 Å². The third kappa shape index (κ3) is 5.73. The second-order valence-electron chi connectivity index (χ2n) is 3.85. The monoisotopic (exact) mass is 327 g/mol. The zero-order valence-electron chi connectivity index (χ0n) is 10.7. The SMILES string of the molecule is N#C/C(=C/NCCC(=O)O)C(=O)Nc1cc(Cl)ccc1Cl. The number of nitriles is 1. The highest BCUT2D eigenvalue weighted by Gasteiger charge is 2.11. The summed E-state index contributed by atoms with van der Waals surface area (Å²) in [6, 6.07) is 6.24. The van der Waals surface area contributed by atoms with Crippen molar-refractivity contribution in [3.63, 3.8) is 0 Å². The van der Waals surface area contributed by atoms with Gasteiger partial charge in [-0.25, -0.2) is 0 Å². The van der Waals surface area contributed by atoms with Crippen LogP contribution >= 0.6 is 23.2 Å². The minimum absolute atomic E-state index is 0.103. The van der Waals surface area contributed by atoms with E-state index in [0.717, 1.165) is 6.20 Å². The Bertz CT molecular complexity index is 624. The smallest absolute Gasteiger partial charge is 0.305 e. The van der Waals surface area contributed by atoms with Crippen molar-refractivity contribution in [1.82, 2.24) is 5.32 Å². The van der Waals surface area contributed by atoms with Crippen LogP contribution in [0.2, 0.25) is 10.0 Å². The summed E-state index contributed by atoms with van der Waals surface area (Å²) in [5.74, 6) is -1.66. The Morgan fingerprint density at radius 2 is 2.10 bits per heavy atom. The molecule has 0 aliphatic carbocycles. The second-order valence-corrected chi connectivity index (χ2v) is 4.69. The molecule has 1 aromatic rings. The van der Waals surface area contributed by atoms with Crippen molar-refractivity contribution in [3.05, 3.63) is 40.0 Å². The Hall–Kier alpha value is -2.23. The lowest BCUT2D eigenvalue weighted by Crippen LogP contribution is -2.18. The summed E-state index contributed by atoms with van der Waals surface area (Å²) in [5.41, 5.74) is 0.0669. The maximum atomic E-state index is 11.9. The zero-order valence-corrected chi connectivity index (χ0v) is 12.2. The summed E-state index contributed by atoms with van der Waals surface area (Å²) in [7, 11) is 0. The molecule has 1 amide bonds. The van der Waals surface area contributed by atoms with Gasteiger partial charge in [0.25, 0.3) is 5.91 Å². The number of nitrogens with one attached hydrogen (secondary N) is 2. The predicted octanol–water partition coefficient (Wildman–Crippen LogP) is 2.40. The van der Waals surface area contributed by atoms with Crippen LogP contribution < -0.4 is 10.6 Å². The van der Waals surface area contributed by atoms with E-state index in [1.54, 1.807) is 12.1 Å². The van der Waals surface area contributed by atoms with Gasteiger partial charge in [-0.3, -0.25) is 9.59 Å². The van der Waals surface area contributed by atoms with Crippen LogP contribution in [0.15, 0.2) is 30.0 Å². The zero-order chi connectivity index (χ0) is 15.8. The van der Waals surface area contributed by atoms with E-state index in [1.807, 2.05) is 0 Å². The summed E-state index contributed by atoms with van der Waals surface area (Å²) < 4.78 is 0. The number of benzene rings is 1. The lowest BCUT2D eigenvalue weighted by Gasteiger charge is -2.07. The molecule has 0 fully saturated rings. The normalized spacial score (nSPS) is 10.6. The van der Waals surface area contributed by atoms with Crippen LogP contribution in [0.25, 0.3) is 0 Å². The van der Waals surface area contributed by atoms with E-state index in [-0.39, 0.29) is 29.2 Å². The fourth-order valence-electron chi connectivity index (χ4n) is 1.28. The minimum Gasteiger partial charge on any atom is -0.481 e. The topological polar surface area (TPSA) is 102 Å². The van der Waals surface area contributed by atoms with Gasteiger partial charge in [0.15, 0.2) is 0 Å². The van der Waals surface area contributed by atoms with Gasteiger partial charge in [0.2, 0.25) is 0 Å². The van der Waals surface area contributed by atoms with Crippen LogP contribution in [0.1, 0.15) is 6.42 Å². The summed E-state index contributed by atoms with van der Waals surface area (Å²) in [5, 5.41) is 23.1. The van der Waals surface area contributed by atoms with Crippen molar-refractivity contribution in [3.8, 4) is 6.07 Å². The molecular weight excluding hydrogens is 317 g/mol. The van der Waals surface area contributed by atoms with Gasteiger partial charge in [0.05, 0.1) is 17.1 Å². The van der Waals surface area contributed by atoms with Gasteiger partial charge in [-0.2, -0.15) is 5.26 Å². The predicted molar refractivity (Wildman–Crippen MR) is 79.0 cm³/mol. The maximum absolute atomic E-state index is 11.9. The molecule has 0 radical (unpaired) electrons. The first-order valence-electron chi connectivity index (χ1n) is 5.76. The summed E-state index contributed by atoms with van der Waals surface area (Å²) in [6.07, 6.45) is 1.02. The number of amides is 1. The van der Waals surface area contributed by atoms with Gasteiger partial charge >= 0.3 is 5.97 Å². The molecule has 1 rings (SSSR count). The molecule has 0 aromatic heterocycles. The molecule has 0 bridgehead atoms. The third-order valence-electron chi connectivity index (χ3n) is 2.27. The second kappa shape index (κ2) is 8.15. The molecule has 3 N–H and O–H groups in total. The number of nitrogens with zero attached hydrogens (tertiary/aromatic N) is 1. The molecule has 6 nitrogen and oxygen atoms in total. The van der Waals surface area contributed by atoms with Crippen molar-refractivity contribution in [2.75, 3.05) is 11.9 Å².